The standard InChI is InChI=1S/C12H18BrNO/c1-8(2)7-10(4)15-12-11(13)9(3)5-6-14-12/h5-6,8,10H,7H2,1-4H3. The summed E-state index contributed by atoms with van der Waals surface area (Å²) in [6.45, 7) is 8.50. The molecule has 0 spiro atoms. The Morgan fingerprint density at radius 3 is 2.67 bits per heavy atom. The first-order valence-corrected chi connectivity index (χ1v) is 6.07. The molecule has 0 bridgehead atoms. The highest BCUT2D eigenvalue weighted by Gasteiger charge is 2.11. The minimum atomic E-state index is 0.204. The molecule has 0 aromatic carbocycles. The molecule has 3 heteroatoms. The molecule has 0 amide bonds. The van der Waals surface area contributed by atoms with E-state index >= 15 is 0 Å². The Morgan fingerprint density at radius 1 is 1.40 bits per heavy atom. The molecule has 1 unspecified atom stereocenters. The van der Waals surface area contributed by atoms with E-state index in [2.05, 4.69) is 41.7 Å². The molecule has 0 aliphatic carbocycles. The normalized spacial score (nSPS) is 12.9. The van der Waals surface area contributed by atoms with Crippen molar-refractivity contribution >= 4 is 15.9 Å². The van der Waals surface area contributed by atoms with Crippen LogP contribution in [0.4, 0.5) is 0 Å². The second-order valence-electron chi connectivity index (χ2n) is 4.31. The van der Waals surface area contributed by atoms with Crippen LogP contribution in [0.25, 0.3) is 0 Å². The van der Waals surface area contributed by atoms with Crippen LogP contribution in [0.1, 0.15) is 32.8 Å². The lowest BCUT2D eigenvalue weighted by Crippen LogP contribution is -2.15. The summed E-state index contributed by atoms with van der Waals surface area (Å²) in [6, 6.07) is 1.96. The molecular formula is C12H18BrNO. The van der Waals surface area contributed by atoms with Gasteiger partial charge in [-0.05, 0) is 53.7 Å². The number of rotatable bonds is 4. The van der Waals surface area contributed by atoms with Gasteiger partial charge in [-0.3, -0.25) is 0 Å². The van der Waals surface area contributed by atoms with E-state index in [9.17, 15) is 0 Å². The fourth-order valence-electron chi connectivity index (χ4n) is 1.50. The van der Waals surface area contributed by atoms with E-state index in [1.807, 2.05) is 13.0 Å². The van der Waals surface area contributed by atoms with Gasteiger partial charge < -0.3 is 4.74 Å². The molecular weight excluding hydrogens is 254 g/mol. The molecule has 1 aromatic heterocycles. The van der Waals surface area contributed by atoms with E-state index in [0.29, 0.717) is 11.8 Å². The number of aryl methyl sites for hydroxylation is 1. The highest BCUT2D eigenvalue weighted by molar-refractivity contribution is 9.10. The molecule has 1 atom stereocenters. The number of pyridine rings is 1. The van der Waals surface area contributed by atoms with Crippen LogP contribution in [0.15, 0.2) is 16.7 Å². The Kier molecular flexibility index (Phi) is 4.58. The third-order valence-corrected chi connectivity index (χ3v) is 3.13. The third kappa shape index (κ3) is 3.82. The molecule has 0 aliphatic heterocycles. The summed E-state index contributed by atoms with van der Waals surface area (Å²) in [4.78, 5) is 4.22. The maximum absolute atomic E-state index is 5.78. The number of halogens is 1. The maximum atomic E-state index is 5.78. The lowest BCUT2D eigenvalue weighted by atomic mass is 10.1. The smallest absolute Gasteiger partial charge is 0.228 e. The van der Waals surface area contributed by atoms with Crippen LogP contribution in [-0.2, 0) is 0 Å². The first kappa shape index (κ1) is 12.5. The lowest BCUT2D eigenvalue weighted by molar-refractivity contribution is 0.184. The zero-order valence-electron chi connectivity index (χ0n) is 9.75. The summed E-state index contributed by atoms with van der Waals surface area (Å²) >= 11 is 3.49. The number of hydrogen-bond donors (Lipinski definition) is 0. The highest BCUT2D eigenvalue weighted by Crippen LogP contribution is 2.26. The van der Waals surface area contributed by atoms with Gasteiger partial charge in [0.1, 0.15) is 0 Å². The van der Waals surface area contributed by atoms with Crippen molar-refractivity contribution in [1.29, 1.82) is 0 Å². The van der Waals surface area contributed by atoms with Gasteiger partial charge in [-0.15, -0.1) is 0 Å². The summed E-state index contributed by atoms with van der Waals surface area (Å²) in [5.74, 6) is 1.34. The molecule has 0 radical (unpaired) electrons. The molecule has 1 heterocycles. The van der Waals surface area contributed by atoms with E-state index in [-0.39, 0.29) is 6.10 Å². The second kappa shape index (κ2) is 5.50. The Hall–Kier alpha value is -0.570. The average molecular weight is 272 g/mol. The highest BCUT2D eigenvalue weighted by atomic mass is 79.9. The van der Waals surface area contributed by atoms with Crippen molar-refractivity contribution < 1.29 is 4.74 Å². The van der Waals surface area contributed by atoms with E-state index < -0.39 is 0 Å². The summed E-state index contributed by atoms with van der Waals surface area (Å²) in [5, 5.41) is 0. The van der Waals surface area contributed by atoms with Crippen LogP contribution in [0.2, 0.25) is 0 Å². The molecule has 2 nitrogen and oxygen atoms in total. The van der Waals surface area contributed by atoms with Crippen LogP contribution in [0, 0.1) is 12.8 Å². The minimum absolute atomic E-state index is 0.204. The summed E-state index contributed by atoms with van der Waals surface area (Å²) in [6.07, 6.45) is 3.02. The largest absolute Gasteiger partial charge is 0.474 e. The number of aromatic nitrogens is 1. The van der Waals surface area contributed by atoms with Gasteiger partial charge in [-0.25, -0.2) is 4.98 Å². The predicted molar refractivity (Wildman–Crippen MR) is 66.2 cm³/mol. The molecule has 84 valence electrons. The zero-order chi connectivity index (χ0) is 11.4. The first-order valence-electron chi connectivity index (χ1n) is 5.28. The molecule has 0 aliphatic rings. The predicted octanol–water partition coefficient (Wildman–Crippen LogP) is 3.97. The first-order chi connectivity index (χ1) is 7.00. The van der Waals surface area contributed by atoms with Crippen LogP contribution in [0.3, 0.4) is 0 Å². The van der Waals surface area contributed by atoms with Crippen molar-refractivity contribution in [2.45, 2.75) is 40.2 Å². The summed E-state index contributed by atoms with van der Waals surface area (Å²) in [5.41, 5.74) is 1.15. The topological polar surface area (TPSA) is 22.1 Å². The number of ether oxygens (including phenoxy) is 1. The van der Waals surface area contributed by atoms with Gasteiger partial charge >= 0.3 is 0 Å². The van der Waals surface area contributed by atoms with Crippen molar-refractivity contribution in [3.05, 3.63) is 22.3 Å². The number of nitrogens with zero attached hydrogens (tertiary/aromatic N) is 1. The average Bonchev–Trinajstić information content (AvgIpc) is 2.11. The van der Waals surface area contributed by atoms with Crippen LogP contribution in [0.5, 0.6) is 5.88 Å². The van der Waals surface area contributed by atoms with E-state index in [0.717, 1.165) is 16.5 Å². The van der Waals surface area contributed by atoms with E-state index in [1.165, 1.54) is 0 Å². The summed E-state index contributed by atoms with van der Waals surface area (Å²) in [7, 11) is 0. The summed E-state index contributed by atoms with van der Waals surface area (Å²) < 4.78 is 6.74. The third-order valence-electron chi connectivity index (χ3n) is 2.17. The van der Waals surface area contributed by atoms with Crippen LogP contribution in [-0.4, -0.2) is 11.1 Å². The quantitative estimate of drug-likeness (QED) is 0.827. The zero-order valence-corrected chi connectivity index (χ0v) is 11.3. The van der Waals surface area contributed by atoms with Gasteiger partial charge in [0.2, 0.25) is 5.88 Å². The Bertz CT molecular complexity index is 325. The van der Waals surface area contributed by atoms with Crippen molar-refractivity contribution in [3.63, 3.8) is 0 Å². The Labute approximate surface area is 100 Å². The second-order valence-corrected chi connectivity index (χ2v) is 5.10. The fourth-order valence-corrected chi connectivity index (χ4v) is 1.83. The van der Waals surface area contributed by atoms with Gasteiger partial charge in [-0.2, -0.15) is 0 Å². The van der Waals surface area contributed by atoms with Gasteiger partial charge in [0, 0.05) is 6.20 Å². The van der Waals surface area contributed by atoms with Gasteiger partial charge in [0.15, 0.2) is 0 Å². The molecule has 0 saturated carbocycles. The van der Waals surface area contributed by atoms with Crippen LogP contribution >= 0.6 is 15.9 Å². The molecule has 1 rings (SSSR count). The lowest BCUT2D eigenvalue weighted by Gasteiger charge is -2.17. The van der Waals surface area contributed by atoms with E-state index in [1.54, 1.807) is 6.20 Å². The van der Waals surface area contributed by atoms with E-state index in [4.69, 9.17) is 4.74 Å². The minimum Gasteiger partial charge on any atom is -0.474 e. The van der Waals surface area contributed by atoms with Gasteiger partial charge in [-0.1, -0.05) is 13.8 Å². The molecule has 0 saturated heterocycles. The van der Waals surface area contributed by atoms with Gasteiger partial charge in [0.25, 0.3) is 0 Å². The van der Waals surface area contributed by atoms with Crippen molar-refractivity contribution in [3.8, 4) is 5.88 Å². The van der Waals surface area contributed by atoms with Crippen molar-refractivity contribution in [1.82, 2.24) is 4.98 Å². The molecule has 0 fully saturated rings. The molecule has 15 heavy (non-hydrogen) atoms. The molecule has 0 N–H and O–H groups in total. The maximum Gasteiger partial charge on any atom is 0.228 e. The Morgan fingerprint density at radius 2 is 2.07 bits per heavy atom. The SMILES string of the molecule is Cc1ccnc(OC(C)CC(C)C)c1Br. The monoisotopic (exact) mass is 271 g/mol. The van der Waals surface area contributed by atoms with Crippen molar-refractivity contribution in [2.75, 3.05) is 0 Å². The number of hydrogen-bond acceptors (Lipinski definition) is 2. The van der Waals surface area contributed by atoms with Crippen molar-refractivity contribution in [2.24, 2.45) is 5.92 Å². The Balaban J connectivity index is 2.68. The molecule has 1 aromatic rings. The van der Waals surface area contributed by atoms with Crippen LogP contribution < -0.4 is 4.74 Å². The van der Waals surface area contributed by atoms with Gasteiger partial charge in [0.05, 0.1) is 10.6 Å². The fraction of sp³-hybridized carbons (Fsp3) is 0.583.